The van der Waals surface area contributed by atoms with Gasteiger partial charge < -0.3 is 19.3 Å². The molecule has 2 aliphatic carbocycles. The SMILES string of the molecule is COc1ccc(C[NH+]2CC[NH+](C[C@H]3C[C@@H]4C=C[C@H]3C4)CC2)cc1OC. The van der Waals surface area contributed by atoms with E-state index in [2.05, 4.69) is 24.3 Å². The molecule has 25 heavy (non-hydrogen) atoms. The zero-order chi connectivity index (χ0) is 17.2. The van der Waals surface area contributed by atoms with Crippen LogP contribution in [0.15, 0.2) is 30.4 Å². The number of quaternary nitrogens is 2. The fraction of sp³-hybridized carbons (Fsp3) is 0.619. The van der Waals surface area contributed by atoms with E-state index in [4.69, 9.17) is 9.47 Å². The molecule has 136 valence electrons. The summed E-state index contributed by atoms with van der Waals surface area (Å²) in [5.41, 5.74) is 1.34. The van der Waals surface area contributed by atoms with Crippen molar-refractivity contribution in [3.05, 3.63) is 35.9 Å². The van der Waals surface area contributed by atoms with E-state index < -0.39 is 0 Å². The molecular formula is C21H32N2O2+2. The minimum absolute atomic E-state index is 0.815. The van der Waals surface area contributed by atoms with Crippen LogP contribution in [-0.4, -0.2) is 46.9 Å². The number of benzene rings is 1. The number of hydrogen-bond donors (Lipinski definition) is 2. The summed E-state index contributed by atoms with van der Waals surface area (Å²) in [7, 11) is 3.40. The van der Waals surface area contributed by atoms with Crippen LogP contribution in [0.2, 0.25) is 0 Å². The normalized spacial score (nSPS) is 33.6. The largest absolute Gasteiger partial charge is 0.493 e. The number of fused-ring (bicyclic) bond motifs is 2. The van der Waals surface area contributed by atoms with E-state index in [1.165, 1.54) is 51.1 Å². The maximum Gasteiger partial charge on any atom is 0.161 e. The maximum absolute atomic E-state index is 5.44. The van der Waals surface area contributed by atoms with Crippen molar-refractivity contribution in [1.82, 2.24) is 0 Å². The Hall–Kier alpha value is -1.52. The second-order valence-corrected chi connectivity index (χ2v) is 8.11. The van der Waals surface area contributed by atoms with E-state index in [9.17, 15) is 0 Å². The Morgan fingerprint density at radius 3 is 2.32 bits per heavy atom. The van der Waals surface area contributed by atoms with Crippen molar-refractivity contribution in [1.29, 1.82) is 0 Å². The highest BCUT2D eigenvalue weighted by atomic mass is 16.5. The predicted molar refractivity (Wildman–Crippen MR) is 98.4 cm³/mol. The molecule has 0 radical (unpaired) electrons. The molecule has 1 heterocycles. The van der Waals surface area contributed by atoms with Crippen LogP contribution in [0.3, 0.4) is 0 Å². The Labute approximate surface area is 151 Å². The molecule has 2 fully saturated rings. The average molecular weight is 344 g/mol. The molecule has 0 unspecified atom stereocenters. The summed E-state index contributed by atoms with van der Waals surface area (Å²) in [5.74, 6) is 4.42. The van der Waals surface area contributed by atoms with Gasteiger partial charge in [0.15, 0.2) is 11.5 Å². The van der Waals surface area contributed by atoms with Gasteiger partial charge in [-0.2, -0.15) is 0 Å². The van der Waals surface area contributed by atoms with Gasteiger partial charge in [-0.3, -0.25) is 0 Å². The van der Waals surface area contributed by atoms with Crippen LogP contribution in [0.25, 0.3) is 0 Å². The average Bonchev–Trinajstić information content (AvgIpc) is 3.26. The van der Waals surface area contributed by atoms with Crippen LogP contribution in [-0.2, 0) is 6.54 Å². The van der Waals surface area contributed by atoms with Gasteiger partial charge in [0.2, 0.25) is 0 Å². The van der Waals surface area contributed by atoms with Gasteiger partial charge in [-0.15, -0.1) is 0 Å². The predicted octanol–water partition coefficient (Wildman–Crippen LogP) is 0.199. The molecule has 4 nitrogen and oxygen atoms in total. The molecular weight excluding hydrogens is 312 g/mol. The molecule has 1 saturated heterocycles. The number of piperazine rings is 1. The second kappa shape index (κ2) is 7.38. The standard InChI is InChI=1S/C21H30N2O2/c1-24-20-6-4-17(13-21(20)25-2)14-22-7-9-23(10-8-22)15-19-12-16-3-5-18(19)11-16/h3-6,13,16,18-19H,7-12,14-15H2,1-2H3/p+2/t16-,18+,19-/m1/s1. The third-order valence-electron chi connectivity index (χ3n) is 6.53. The maximum atomic E-state index is 5.44. The van der Waals surface area contributed by atoms with E-state index in [0.717, 1.165) is 35.8 Å². The Morgan fingerprint density at radius 1 is 0.920 bits per heavy atom. The van der Waals surface area contributed by atoms with E-state index in [1.54, 1.807) is 19.1 Å². The number of rotatable bonds is 6. The summed E-state index contributed by atoms with van der Waals surface area (Å²) in [4.78, 5) is 3.53. The van der Waals surface area contributed by atoms with E-state index >= 15 is 0 Å². The topological polar surface area (TPSA) is 27.3 Å². The molecule has 1 aromatic carbocycles. The van der Waals surface area contributed by atoms with Crippen molar-refractivity contribution in [2.75, 3.05) is 46.9 Å². The lowest BCUT2D eigenvalue weighted by Crippen LogP contribution is -3.27. The fourth-order valence-corrected chi connectivity index (χ4v) is 5.12. The lowest BCUT2D eigenvalue weighted by molar-refractivity contribution is -1.02. The molecule has 4 rings (SSSR count). The van der Waals surface area contributed by atoms with Gasteiger partial charge in [0, 0.05) is 11.5 Å². The van der Waals surface area contributed by atoms with E-state index in [0.29, 0.717) is 0 Å². The van der Waals surface area contributed by atoms with Crippen molar-refractivity contribution in [3.63, 3.8) is 0 Å². The first-order chi connectivity index (χ1) is 12.2. The number of ether oxygens (including phenoxy) is 2. The molecule has 1 aliphatic heterocycles. The van der Waals surface area contributed by atoms with Crippen molar-refractivity contribution in [2.45, 2.75) is 19.4 Å². The van der Waals surface area contributed by atoms with Crippen molar-refractivity contribution >= 4 is 0 Å². The lowest BCUT2D eigenvalue weighted by Gasteiger charge is -2.32. The molecule has 0 spiro atoms. The molecule has 4 heteroatoms. The summed E-state index contributed by atoms with van der Waals surface area (Å²) >= 11 is 0. The molecule has 0 aromatic heterocycles. The Kier molecular flexibility index (Phi) is 5.00. The van der Waals surface area contributed by atoms with Crippen LogP contribution in [0, 0.1) is 17.8 Å². The van der Waals surface area contributed by atoms with Gasteiger partial charge in [0.05, 0.1) is 20.8 Å². The highest BCUT2D eigenvalue weighted by Crippen LogP contribution is 2.42. The third kappa shape index (κ3) is 3.70. The molecule has 1 saturated carbocycles. The van der Waals surface area contributed by atoms with Gasteiger partial charge in [0.1, 0.15) is 32.7 Å². The minimum atomic E-state index is 0.815. The van der Waals surface area contributed by atoms with Gasteiger partial charge >= 0.3 is 0 Å². The van der Waals surface area contributed by atoms with Gasteiger partial charge in [-0.05, 0) is 42.9 Å². The quantitative estimate of drug-likeness (QED) is 0.722. The summed E-state index contributed by atoms with van der Waals surface area (Å²) in [5, 5.41) is 0. The molecule has 1 aromatic rings. The first-order valence-electron chi connectivity index (χ1n) is 9.81. The number of nitrogens with one attached hydrogen (secondary N) is 2. The van der Waals surface area contributed by atoms with E-state index in [1.807, 2.05) is 11.0 Å². The van der Waals surface area contributed by atoms with E-state index in [-0.39, 0.29) is 0 Å². The molecule has 2 bridgehead atoms. The molecule has 3 atom stereocenters. The Morgan fingerprint density at radius 2 is 1.68 bits per heavy atom. The van der Waals surface area contributed by atoms with Gasteiger partial charge in [0.25, 0.3) is 0 Å². The second-order valence-electron chi connectivity index (χ2n) is 8.11. The first kappa shape index (κ1) is 16.9. The van der Waals surface area contributed by atoms with Crippen LogP contribution < -0.4 is 19.3 Å². The molecule has 2 N–H and O–H groups in total. The van der Waals surface area contributed by atoms with Crippen LogP contribution >= 0.6 is 0 Å². The van der Waals surface area contributed by atoms with Gasteiger partial charge in [-0.1, -0.05) is 12.2 Å². The van der Waals surface area contributed by atoms with Crippen molar-refractivity contribution in [2.24, 2.45) is 17.8 Å². The number of allylic oxidation sites excluding steroid dienone is 2. The Balaban J connectivity index is 1.27. The molecule has 0 amide bonds. The van der Waals surface area contributed by atoms with Gasteiger partial charge in [-0.25, -0.2) is 0 Å². The first-order valence-corrected chi connectivity index (χ1v) is 9.81. The Bertz CT molecular complexity index is 622. The minimum Gasteiger partial charge on any atom is -0.493 e. The van der Waals surface area contributed by atoms with Crippen LogP contribution in [0.5, 0.6) is 11.5 Å². The van der Waals surface area contributed by atoms with Crippen LogP contribution in [0.4, 0.5) is 0 Å². The highest BCUT2D eigenvalue weighted by Gasteiger charge is 2.38. The third-order valence-corrected chi connectivity index (χ3v) is 6.53. The van der Waals surface area contributed by atoms with Crippen molar-refractivity contribution < 1.29 is 19.3 Å². The monoisotopic (exact) mass is 344 g/mol. The van der Waals surface area contributed by atoms with Crippen molar-refractivity contribution in [3.8, 4) is 11.5 Å². The number of methoxy groups -OCH3 is 2. The smallest absolute Gasteiger partial charge is 0.161 e. The van der Waals surface area contributed by atoms with Crippen LogP contribution in [0.1, 0.15) is 18.4 Å². The zero-order valence-electron chi connectivity index (χ0n) is 15.6. The summed E-state index contributed by atoms with van der Waals surface area (Å²) in [6.45, 7) is 7.68. The lowest BCUT2D eigenvalue weighted by atomic mass is 9.93. The molecule has 3 aliphatic rings. The summed E-state index contributed by atoms with van der Waals surface area (Å²) in [6.07, 6.45) is 7.85. The zero-order valence-corrected chi connectivity index (χ0v) is 15.6. The summed E-state index contributed by atoms with van der Waals surface area (Å²) < 4.78 is 10.8. The fourth-order valence-electron chi connectivity index (χ4n) is 5.12. The number of hydrogen-bond acceptors (Lipinski definition) is 2. The summed E-state index contributed by atoms with van der Waals surface area (Å²) in [6, 6.07) is 6.33. The highest BCUT2D eigenvalue weighted by molar-refractivity contribution is 5.42.